The first-order valence-electron chi connectivity index (χ1n) is 5.97. The number of thiophene rings is 1. The number of rotatable bonds is 3. The Morgan fingerprint density at radius 3 is 2.79 bits per heavy atom. The Hall–Kier alpha value is -2.12. The first-order chi connectivity index (χ1) is 9.10. The van der Waals surface area contributed by atoms with E-state index >= 15 is 0 Å². The minimum absolute atomic E-state index is 0.0306. The second-order valence-electron chi connectivity index (χ2n) is 4.34. The maximum Gasteiger partial charge on any atom is 0.251 e. The van der Waals surface area contributed by atoms with Crippen molar-refractivity contribution in [2.75, 3.05) is 0 Å². The first-order valence-corrected chi connectivity index (χ1v) is 6.79. The highest BCUT2D eigenvalue weighted by atomic mass is 32.1. The average molecular weight is 270 g/mol. The predicted molar refractivity (Wildman–Crippen MR) is 76.1 cm³/mol. The summed E-state index contributed by atoms with van der Waals surface area (Å²) in [5, 5.41) is 11.8. The van der Waals surface area contributed by atoms with E-state index in [2.05, 4.69) is 5.32 Å². The topological polar surface area (TPSA) is 52.9 Å². The molecule has 1 heterocycles. The molecule has 96 valence electrons. The Morgan fingerprint density at radius 2 is 2.16 bits per heavy atom. The van der Waals surface area contributed by atoms with Gasteiger partial charge >= 0.3 is 0 Å². The van der Waals surface area contributed by atoms with E-state index < -0.39 is 0 Å². The van der Waals surface area contributed by atoms with Crippen LogP contribution in [0.4, 0.5) is 0 Å². The van der Waals surface area contributed by atoms with Crippen molar-refractivity contribution in [3.05, 3.63) is 57.3 Å². The largest absolute Gasteiger partial charge is 0.345 e. The molecule has 1 unspecified atom stereocenters. The van der Waals surface area contributed by atoms with Crippen molar-refractivity contribution in [1.29, 1.82) is 5.26 Å². The third kappa shape index (κ3) is 3.21. The Balaban J connectivity index is 2.10. The molecule has 0 spiro atoms. The molecule has 0 saturated heterocycles. The van der Waals surface area contributed by atoms with Gasteiger partial charge in [0.05, 0.1) is 17.7 Å². The maximum atomic E-state index is 12.1. The third-order valence-electron chi connectivity index (χ3n) is 2.79. The second kappa shape index (κ2) is 5.68. The summed E-state index contributed by atoms with van der Waals surface area (Å²) in [6.45, 7) is 4.00. The van der Waals surface area contributed by atoms with Crippen LogP contribution in [0.1, 0.15) is 38.6 Å². The first kappa shape index (κ1) is 13.3. The van der Waals surface area contributed by atoms with Gasteiger partial charge in [0.15, 0.2) is 0 Å². The van der Waals surface area contributed by atoms with E-state index in [9.17, 15) is 4.79 Å². The van der Waals surface area contributed by atoms with Crippen molar-refractivity contribution in [2.24, 2.45) is 0 Å². The van der Waals surface area contributed by atoms with E-state index in [4.69, 9.17) is 5.26 Å². The average Bonchev–Trinajstić information content (AvgIpc) is 2.85. The highest BCUT2D eigenvalue weighted by Gasteiger charge is 2.13. The van der Waals surface area contributed by atoms with Crippen LogP contribution in [0.5, 0.6) is 0 Å². The van der Waals surface area contributed by atoms with Gasteiger partial charge in [-0.25, -0.2) is 0 Å². The molecular weight excluding hydrogens is 256 g/mol. The molecule has 19 heavy (non-hydrogen) atoms. The van der Waals surface area contributed by atoms with Gasteiger partial charge < -0.3 is 5.32 Å². The second-order valence-corrected chi connectivity index (χ2v) is 5.66. The van der Waals surface area contributed by atoms with E-state index in [1.807, 2.05) is 32.0 Å². The summed E-state index contributed by atoms with van der Waals surface area (Å²) < 4.78 is 0. The molecule has 0 saturated carbocycles. The fraction of sp³-hybridized carbons (Fsp3) is 0.200. The zero-order valence-electron chi connectivity index (χ0n) is 10.8. The molecule has 0 bridgehead atoms. The monoisotopic (exact) mass is 270 g/mol. The Kier molecular flexibility index (Phi) is 3.98. The SMILES string of the molecule is Cc1ccc(C(C)NC(=O)c2cccc(C#N)c2)s1. The van der Waals surface area contributed by atoms with Crippen molar-refractivity contribution in [3.8, 4) is 6.07 Å². The van der Waals surface area contributed by atoms with Crippen LogP contribution < -0.4 is 5.32 Å². The third-order valence-corrected chi connectivity index (χ3v) is 3.97. The summed E-state index contributed by atoms with van der Waals surface area (Å²) in [7, 11) is 0. The number of nitriles is 1. The minimum atomic E-state index is -0.157. The van der Waals surface area contributed by atoms with Crippen LogP contribution in [0.25, 0.3) is 0 Å². The molecule has 0 fully saturated rings. The van der Waals surface area contributed by atoms with Gasteiger partial charge in [0.1, 0.15) is 0 Å². The normalized spacial score (nSPS) is 11.6. The van der Waals surface area contributed by atoms with Crippen molar-refractivity contribution in [3.63, 3.8) is 0 Å². The fourth-order valence-corrected chi connectivity index (χ4v) is 2.65. The molecule has 2 rings (SSSR count). The summed E-state index contributed by atoms with van der Waals surface area (Å²) in [6, 6.07) is 12.8. The maximum absolute atomic E-state index is 12.1. The zero-order chi connectivity index (χ0) is 13.8. The standard InChI is InChI=1S/C15H14N2OS/c1-10-6-7-14(19-10)11(2)17-15(18)13-5-3-4-12(8-13)9-16/h3-8,11H,1-2H3,(H,17,18). The molecular formula is C15H14N2OS. The number of nitrogens with zero attached hydrogens (tertiary/aromatic N) is 1. The quantitative estimate of drug-likeness (QED) is 0.929. The Labute approximate surface area is 116 Å². The number of hydrogen-bond acceptors (Lipinski definition) is 3. The highest BCUT2D eigenvalue weighted by molar-refractivity contribution is 7.12. The lowest BCUT2D eigenvalue weighted by Gasteiger charge is -2.12. The van der Waals surface area contributed by atoms with Crippen molar-refractivity contribution in [2.45, 2.75) is 19.9 Å². The van der Waals surface area contributed by atoms with Crippen LogP contribution >= 0.6 is 11.3 Å². The molecule has 4 heteroatoms. The van der Waals surface area contributed by atoms with Gasteiger partial charge in [-0.2, -0.15) is 5.26 Å². The van der Waals surface area contributed by atoms with Crippen LogP contribution in [-0.2, 0) is 0 Å². The van der Waals surface area contributed by atoms with Gasteiger partial charge in [-0.1, -0.05) is 6.07 Å². The molecule has 0 aliphatic heterocycles. The van der Waals surface area contributed by atoms with E-state index in [1.165, 1.54) is 4.88 Å². The van der Waals surface area contributed by atoms with E-state index in [0.717, 1.165) is 4.88 Å². The van der Waals surface area contributed by atoms with Gasteiger partial charge in [0.2, 0.25) is 0 Å². The lowest BCUT2D eigenvalue weighted by Crippen LogP contribution is -2.26. The molecule has 0 radical (unpaired) electrons. The van der Waals surface area contributed by atoms with Crippen LogP contribution in [0.15, 0.2) is 36.4 Å². The Bertz CT molecular complexity index is 640. The van der Waals surface area contributed by atoms with Gasteiger partial charge in [0, 0.05) is 15.3 Å². The van der Waals surface area contributed by atoms with Gasteiger partial charge in [-0.15, -0.1) is 11.3 Å². The van der Waals surface area contributed by atoms with Crippen LogP contribution in [0.2, 0.25) is 0 Å². The zero-order valence-corrected chi connectivity index (χ0v) is 11.6. The lowest BCUT2D eigenvalue weighted by atomic mass is 10.1. The van der Waals surface area contributed by atoms with E-state index in [1.54, 1.807) is 35.6 Å². The summed E-state index contributed by atoms with van der Waals surface area (Å²) >= 11 is 1.67. The number of hydrogen-bond donors (Lipinski definition) is 1. The van der Waals surface area contributed by atoms with Gasteiger partial charge in [0.25, 0.3) is 5.91 Å². The van der Waals surface area contributed by atoms with Gasteiger partial charge in [-0.3, -0.25) is 4.79 Å². The number of carbonyl (C=O) groups is 1. The number of amides is 1. The van der Waals surface area contributed by atoms with Crippen molar-refractivity contribution in [1.82, 2.24) is 5.32 Å². The summed E-state index contributed by atoms with van der Waals surface area (Å²) in [5.74, 6) is -0.157. The van der Waals surface area contributed by atoms with Crippen LogP contribution in [0.3, 0.4) is 0 Å². The molecule has 3 nitrogen and oxygen atoms in total. The van der Waals surface area contributed by atoms with Crippen molar-refractivity contribution < 1.29 is 4.79 Å². The molecule has 1 aromatic heterocycles. The molecule has 1 aromatic carbocycles. The van der Waals surface area contributed by atoms with Crippen molar-refractivity contribution >= 4 is 17.2 Å². The molecule has 1 N–H and O–H groups in total. The van der Waals surface area contributed by atoms with Crippen LogP contribution in [-0.4, -0.2) is 5.91 Å². The number of benzene rings is 1. The number of nitrogens with one attached hydrogen (secondary N) is 1. The van der Waals surface area contributed by atoms with E-state index in [-0.39, 0.29) is 11.9 Å². The number of aryl methyl sites for hydroxylation is 1. The van der Waals surface area contributed by atoms with Gasteiger partial charge in [-0.05, 0) is 44.2 Å². The summed E-state index contributed by atoms with van der Waals surface area (Å²) in [5.41, 5.74) is 1.01. The van der Waals surface area contributed by atoms with Crippen LogP contribution in [0, 0.1) is 18.3 Å². The summed E-state index contributed by atoms with van der Waals surface area (Å²) in [6.07, 6.45) is 0. The number of carbonyl (C=O) groups excluding carboxylic acids is 1. The fourth-order valence-electron chi connectivity index (χ4n) is 1.77. The molecule has 1 amide bonds. The molecule has 0 aliphatic rings. The molecule has 2 aromatic rings. The predicted octanol–water partition coefficient (Wildman–Crippen LogP) is 3.42. The minimum Gasteiger partial charge on any atom is -0.345 e. The Morgan fingerprint density at radius 1 is 1.37 bits per heavy atom. The lowest BCUT2D eigenvalue weighted by molar-refractivity contribution is 0.0940. The van der Waals surface area contributed by atoms with E-state index in [0.29, 0.717) is 11.1 Å². The molecule has 0 aliphatic carbocycles. The molecule has 1 atom stereocenters. The highest BCUT2D eigenvalue weighted by Crippen LogP contribution is 2.22. The summed E-state index contributed by atoms with van der Waals surface area (Å²) in [4.78, 5) is 14.4. The smallest absolute Gasteiger partial charge is 0.251 e.